The number of fused-ring (bicyclic) bond motifs is 2. The van der Waals surface area contributed by atoms with Gasteiger partial charge in [0, 0.05) is 29.6 Å². The standard InChI is InChI=1S/C14H16N2O2/c1-9(8-15)11-3-2-10-6-13-14(7-12(10)16-11)18-5-4-17-13/h2-3,6-7,9H,4-5,8,15H2,1H3. The van der Waals surface area contributed by atoms with Gasteiger partial charge in [0.1, 0.15) is 13.2 Å². The van der Waals surface area contributed by atoms with Crippen molar-refractivity contribution in [3.63, 3.8) is 0 Å². The molecule has 3 rings (SSSR count). The van der Waals surface area contributed by atoms with E-state index >= 15 is 0 Å². The van der Waals surface area contributed by atoms with Crippen molar-refractivity contribution in [2.75, 3.05) is 19.8 Å². The second-order valence-electron chi connectivity index (χ2n) is 4.56. The van der Waals surface area contributed by atoms with Gasteiger partial charge in [-0.1, -0.05) is 13.0 Å². The summed E-state index contributed by atoms with van der Waals surface area (Å²) in [4.78, 5) is 4.64. The topological polar surface area (TPSA) is 57.4 Å². The van der Waals surface area contributed by atoms with Gasteiger partial charge >= 0.3 is 0 Å². The molecule has 1 aromatic heterocycles. The molecule has 1 atom stereocenters. The van der Waals surface area contributed by atoms with E-state index in [4.69, 9.17) is 15.2 Å². The Morgan fingerprint density at radius 3 is 2.67 bits per heavy atom. The molecule has 0 fully saturated rings. The molecule has 2 aromatic rings. The zero-order valence-corrected chi connectivity index (χ0v) is 10.3. The van der Waals surface area contributed by atoms with Crippen molar-refractivity contribution in [1.82, 2.24) is 4.98 Å². The molecular weight excluding hydrogens is 228 g/mol. The van der Waals surface area contributed by atoms with Crippen LogP contribution in [0.15, 0.2) is 24.3 Å². The van der Waals surface area contributed by atoms with Gasteiger partial charge < -0.3 is 15.2 Å². The van der Waals surface area contributed by atoms with Gasteiger partial charge in [-0.2, -0.15) is 0 Å². The Morgan fingerprint density at radius 2 is 1.94 bits per heavy atom. The molecule has 1 aliphatic heterocycles. The normalized spacial score (nSPS) is 15.7. The van der Waals surface area contributed by atoms with Gasteiger partial charge in [0.15, 0.2) is 11.5 Å². The van der Waals surface area contributed by atoms with E-state index in [0.717, 1.165) is 28.1 Å². The number of rotatable bonds is 2. The molecule has 0 bridgehead atoms. The zero-order valence-electron chi connectivity index (χ0n) is 10.3. The Balaban J connectivity index is 2.10. The van der Waals surface area contributed by atoms with Gasteiger partial charge in [0.05, 0.1) is 5.52 Å². The highest BCUT2D eigenvalue weighted by molar-refractivity contribution is 5.83. The van der Waals surface area contributed by atoms with Crippen LogP contribution in [0.3, 0.4) is 0 Å². The number of nitrogens with two attached hydrogens (primary N) is 1. The maximum Gasteiger partial charge on any atom is 0.163 e. The lowest BCUT2D eigenvalue weighted by Gasteiger charge is -2.19. The van der Waals surface area contributed by atoms with Crippen LogP contribution in [0.1, 0.15) is 18.5 Å². The number of nitrogens with zero attached hydrogens (tertiary/aromatic N) is 1. The lowest BCUT2D eigenvalue weighted by atomic mass is 10.1. The smallest absolute Gasteiger partial charge is 0.163 e. The second-order valence-corrected chi connectivity index (χ2v) is 4.56. The molecule has 1 aliphatic rings. The maximum absolute atomic E-state index is 5.67. The molecule has 1 aromatic carbocycles. The fraction of sp³-hybridized carbons (Fsp3) is 0.357. The fourth-order valence-electron chi connectivity index (χ4n) is 2.07. The van der Waals surface area contributed by atoms with Crippen molar-refractivity contribution >= 4 is 10.9 Å². The van der Waals surface area contributed by atoms with E-state index in [0.29, 0.717) is 19.8 Å². The Labute approximate surface area is 106 Å². The van der Waals surface area contributed by atoms with E-state index in [-0.39, 0.29) is 5.92 Å². The predicted molar refractivity (Wildman–Crippen MR) is 70.2 cm³/mol. The molecule has 2 heterocycles. The summed E-state index contributed by atoms with van der Waals surface area (Å²) in [5.74, 6) is 1.84. The van der Waals surface area contributed by atoms with Crippen LogP contribution in [0.5, 0.6) is 11.5 Å². The molecule has 0 amide bonds. The van der Waals surface area contributed by atoms with Crippen LogP contribution in [0.2, 0.25) is 0 Å². The molecule has 0 saturated carbocycles. The van der Waals surface area contributed by atoms with Crippen LogP contribution < -0.4 is 15.2 Å². The van der Waals surface area contributed by atoms with Crippen molar-refractivity contribution in [2.24, 2.45) is 5.73 Å². The third-order valence-corrected chi connectivity index (χ3v) is 3.23. The number of pyridine rings is 1. The van der Waals surface area contributed by atoms with Crippen molar-refractivity contribution < 1.29 is 9.47 Å². The highest BCUT2D eigenvalue weighted by Crippen LogP contribution is 2.34. The molecule has 94 valence electrons. The molecule has 0 saturated heterocycles. The number of hydrogen-bond acceptors (Lipinski definition) is 4. The van der Waals surface area contributed by atoms with Crippen LogP contribution in [-0.4, -0.2) is 24.7 Å². The number of benzene rings is 1. The summed E-state index contributed by atoms with van der Waals surface area (Å²) in [6.45, 7) is 3.88. The summed E-state index contributed by atoms with van der Waals surface area (Å²) < 4.78 is 11.1. The Hall–Kier alpha value is -1.81. The lowest BCUT2D eigenvalue weighted by Crippen LogP contribution is -2.15. The first-order valence-electron chi connectivity index (χ1n) is 6.18. The van der Waals surface area contributed by atoms with E-state index in [1.54, 1.807) is 0 Å². The summed E-state index contributed by atoms with van der Waals surface area (Å²) in [5.41, 5.74) is 7.62. The van der Waals surface area contributed by atoms with Crippen LogP contribution >= 0.6 is 0 Å². The Morgan fingerprint density at radius 1 is 1.22 bits per heavy atom. The molecular formula is C14H16N2O2. The fourth-order valence-corrected chi connectivity index (χ4v) is 2.07. The SMILES string of the molecule is CC(CN)c1ccc2cc3c(cc2n1)OCCO3. The summed E-state index contributed by atoms with van der Waals surface area (Å²) in [5, 5.41) is 1.06. The van der Waals surface area contributed by atoms with Crippen molar-refractivity contribution in [3.8, 4) is 11.5 Å². The quantitative estimate of drug-likeness (QED) is 0.878. The number of hydrogen-bond donors (Lipinski definition) is 1. The summed E-state index contributed by atoms with van der Waals surface area (Å²) in [6.07, 6.45) is 0. The van der Waals surface area contributed by atoms with Gasteiger partial charge in [-0.25, -0.2) is 0 Å². The molecule has 4 heteroatoms. The summed E-state index contributed by atoms with van der Waals surface area (Å²) >= 11 is 0. The first-order valence-corrected chi connectivity index (χ1v) is 6.18. The monoisotopic (exact) mass is 244 g/mol. The van der Waals surface area contributed by atoms with Gasteiger partial charge in [-0.15, -0.1) is 0 Å². The summed E-state index contributed by atoms with van der Waals surface area (Å²) in [6, 6.07) is 8.00. The minimum Gasteiger partial charge on any atom is -0.486 e. The second kappa shape index (κ2) is 4.46. The maximum atomic E-state index is 5.67. The highest BCUT2D eigenvalue weighted by Gasteiger charge is 2.14. The third kappa shape index (κ3) is 1.88. The van der Waals surface area contributed by atoms with Crippen molar-refractivity contribution in [1.29, 1.82) is 0 Å². The van der Waals surface area contributed by atoms with Gasteiger partial charge in [-0.3, -0.25) is 4.98 Å². The van der Waals surface area contributed by atoms with Crippen LogP contribution in [0.4, 0.5) is 0 Å². The van der Waals surface area contributed by atoms with E-state index in [1.165, 1.54) is 0 Å². The molecule has 1 unspecified atom stereocenters. The van der Waals surface area contributed by atoms with E-state index in [9.17, 15) is 0 Å². The van der Waals surface area contributed by atoms with E-state index in [1.807, 2.05) is 18.2 Å². The summed E-state index contributed by atoms with van der Waals surface area (Å²) in [7, 11) is 0. The first-order chi connectivity index (χ1) is 8.78. The van der Waals surface area contributed by atoms with Crippen LogP contribution in [-0.2, 0) is 0 Å². The van der Waals surface area contributed by atoms with Gasteiger partial charge in [0.25, 0.3) is 0 Å². The number of ether oxygens (including phenoxy) is 2. The van der Waals surface area contributed by atoms with Gasteiger partial charge in [-0.05, 0) is 12.1 Å². The van der Waals surface area contributed by atoms with Crippen molar-refractivity contribution in [2.45, 2.75) is 12.8 Å². The van der Waals surface area contributed by atoms with E-state index < -0.39 is 0 Å². The average Bonchev–Trinajstić information content (AvgIpc) is 2.43. The molecule has 0 aliphatic carbocycles. The molecule has 0 spiro atoms. The average molecular weight is 244 g/mol. The third-order valence-electron chi connectivity index (χ3n) is 3.23. The largest absolute Gasteiger partial charge is 0.486 e. The highest BCUT2D eigenvalue weighted by atomic mass is 16.6. The minimum atomic E-state index is 0.266. The van der Waals surface area contributed by atoms with Crippen molar-refractivity contribution in [3.05, 3.63) is 30.0 Å². The lowest BCUT2D eigenvalue weighted by molar-refractivity contribution is 0.172. The molecule has 2 N–H and O–H groups in total. The minimum absolute atomic E-state index is 0.266. The molecule has 0 radical (unpaired) electrons. The first kappa shape index (κ1) is 11.3. The Kier molecular flexibility index (Phi) is 2.80. The Bertz CT molecular complexity index is 583. The molecule has 18 heavy (non-hydrogen) atoms. The molecule has 4 nitrogen and oxygen atoms in total. The predicted octanol–water partition coefficient (Wildman–Crippen LogP) is 2.07. The van der Waals surface area contributed by atoms with Crippen LogP contribution in [0, 0.1) is 0 Å². The van der Waals surface area contributed by atoms with Crippen LogP contribution in [0.25, 0.3) is 10.9 Å². The van der Waals surface area contributed by atoms with Gasteiger partial charge in [0.2, 0.25) is 0 Å². The zero-order chi connectivity index (χ0) is 12.5. The number of aromatic nitrogens is 1. The van der Waals surface area contributed by atoms with E-state index in [2.05, 4.69) is 18.0 Å².